The van der Waals surface area contributed by atoms with Crippen molar-refractivity contribution in [3.05, 3.63) is 71.8 Å². The van der Waals surface area contributed by atoms with Gasteiger partial charge in [-0.25, -0.2) is 0 Å². The maximum Gasteiger partial charge on any atom is 0.118 e. The largest absolute Gasteiger partial charge is 0.497 e. The highest BCUT2D eigenvalue weighted by atomic mass is 16.5. The molecule has 0 atom stereocenters. The van der Waals surface area contributed by atoms with Crippen LogP contribution in [0.4, 0.5) is 0 Å². The molecule has 0 saturated heterocycles. The van der Waals surface area contributed by atoms with Crippen LogP contribution in [0, 0.1) is 11.8 Å². The fourth-order valence-corrected chi connectivity index (χ4v) is 6.68. The lowest BCUT2D eigenvalue weighted by molar-refractivity contribution is 0.0261. The lowest BCUT2D eigenvalue weighted by Crippen LogP contribution is -2.57. The minimum absolute atomic E-state index is 0.121. The van der Waals surface area contributed by atoms with Gasteiger partial charge in [0.15, 0.2) is 0 Å². The molecule has 4 saturated carbocycles. The van der Waals surface area contributed by atoms with E-state index in [2.05, 4.69) is 48.5 Å². The third-order valence-electron chi connectivity index (χ3n) is 7.66. The molecule has 4 aliphatic carbocycles. The van der Waals surface area contributed by atoms with Gasteiger partial charge < -0.3 is 9.47 Å². The van der Waals surface area contributed by atoms with Gasteiger partial charge in [0, 0.05) is 10.8 Å². The van der Waals surface area contributed by atoms with Crippen LogP contribution >= 0.6 is 0 Å². The van der Waals surface area contributed by atoms with Crippen molar-refractivity contribution in [3.63, 3.8) is 0 Å². The molecule has 6 rings (SSSR count). The Morgan fingerprint density at radius 1 is 0.704 bits per heavy atom. The highest BCUT2D eigenvalue weighted by Crippen LogP contribution is 2.68. The van der Waals surface area contributed by atoms with Gasteiger partial charge in [0.1, 0.15) is 11.5 Å². The Morgan fingerprint density at radius 2 is 1.07 bits per heavy atom. The highest BCUT2D eigenvalue weighted by molar-refractivity contribution is 5.52. The molecule has 4 bridgehead atoms. The second-order valence-corrected chi connectivity index (χ2v) is 8.88. The van der Waals surface area contributed by atoms with Crippen LogP contribution in [0.1, 0.15) is 43.2 Å². The normalized spacial score (nSPS) is 33.9. The van der Waals surface area contributed by atoms with E-state index in [1.54, 1.807) is 14.2 Å². The summed E-state index contributed by atoms with van der Waals surface area (Å²) >= 11 is 0. The third-order valence-corrected chi connectivity index (χ3v) is 7.66. The molecule has 0 spiro atoms. The average molecular weight is 360 g/mol. The summed E-state index contributed by atoms with van der Waals surface area (Å²) in [4.78, 5) is 0. The van der Waals surface area contributed by atoms with Crippen molar-refractivity contribution in [3.8, 4) is 11.5 Å². The minimum Gasteiger partial charge on any atom is -0.497 e. The number of benzene rings is 2. The lowest BCUT2D eigenvalue weighted by Gasteiger charge is -2.64. The molecule has 2 heteroatoms. The summed E-state index contributed by atoms with van der Waals surface area (Å²) in [5.74, 6) is 3.46. The van der Waals surface area contributed by atoms with Crippen molar-refractivity contribution in [2.75, 3.05) is 14.2 Å². The quantitative estimate of drug-likeness (QED) is 0.655. The van der Waals surface area contributed by atoms with E-state index in [1.165, 1.54) is 48.8 Å². The topological polar surface area (TPSA) is 18.5 Å². The summed E-state index contributed by atoms with van der Waals surface area (Å²) in [7, 11) is 3.47. The van der Waals surface area contributed by atoms with Crippen molar-refractivity contribution in [2.24, 2.45) is 11.8 Å². The molecular formula is C25H28O2. The van der Waals surface area contributed by atoms with Crippen LogP contribution in [0.2, 0.25) is 0 Å². The van der Waals surface area contributed by atoms with Crippen molar-refractivity contribution in [1.29, 1.82) is 0 Å². The molecule has 0 unspecified atom stereocenters. The van der Waals surface area contributed by atoms with E-state index in [9.17, 15) is 0 Å². The number of hydrogen-bond donors (Lipinski definition) is 0. The summed E-state index contributed by atoms with van der Waals surface area (Å²) in [5, 5.41) is 0. The maximum absolute atomic E-state index is 5.39. The molecule has 0 aliphatic heterocycles. The first-order valence-corrected chi connectivity index (χ1v) is 10.1. The SMILES string of the molecule is C=C1C2(c3ccc(OC)cc3)CC3CC(C2)CC1(c1ccc(OC)cc1)C3. The summed E-state index contributed by atoms with van der Waals surface area (Å²) in [6, 6.07) is 17.6. The summed E-state index contributed by atoms with van der Waals surface area (Å²) in [6.45, 7) is 4.77. The smallest absolute Gasteiger partial charge is 0.118 e. The molecule has 2 aromatic carbocycles. The zero-order chi connectivity index (χ0) is 18.6. The monoisotopic (exact) mass is 360 g/mol. The van der Waals surface area contributed by atoms with E-state index in [-0.39, 0.29) is 10.8 Å². The van der Waals surface area contributed by atoms with E-state index >= 15 is 0 Å². The Bertz CT molecular complexity index is 779. The second-order valence-electron chi connectivity index (χ2n) is 8.88. The van der Waals surface area contributed by atoms with Crippen LogP contribution in [0.25, 0.3) is 0 Å². The summed E-state index contributed by atoms with van der Waals surface area (Å²) in [5.41, 5.74) is 4.55. The summed E-state index contributed by atoms with van der Waals surface area (Å²) < 4.78 is 10.8. The predicted molar refractivity (Wildman–Crippen MR) is 109 cm³/mol. The van der Waals surface area contributed by atoms with Gasteiger partial charge in [0.05, 0.1) is 14.2 Å². The van der Waals surface area contributed by atoms with Crippen molar-refractivity contribution in [1.82, 2.24) is 0 Å². The molecule has 2 nitrogen and oxygen atoms in total. The van der Waals surface area contributed by atoms with Crippen molar-refractivity contribution >= 4 is 0 Å². The van der Waals surface area contributed by atoms with Crippen LogP contribution in [0.5, 0.6) is 11.5 Å². The van der Waals surface area contributed by atoms with E-state index < -0.39 is 0 Å². The molecule has 4 fully saturated rings. The van der Waals surface area contributed by atoms with Crippen molar-refractivity contribution in [2.45, 2.75) is 42.9 Å². The first-order valence-electron chi connectivity index (χ1n) is 10.1. The zero-order valence-corrected chi connectivity index (χ0v) is 16.3. The first kappa shape index (κ1) is 16.9. The van der Waals surface area contributed by atoms with Gasteiger partial charge in [-0.1, -0.05) is 36.4 Å². The van der Waals surface area contributed by atoms with E-state index in [1.807, 2.05) is 0 Å². The Labute approximate surface area is 162 Å². The number of methoxy groups -OCH3 is 2. The van der Waals surface area contributed by atoms with Crippen LogP contribution in [-0.4, -0.2) is 14.2 Å². The van der Waals surface area contributed by atoms with Crippen LogP contribution < -0.4 is 9.47 Å². The molecule has 0 amide bonds. The molecule has 0 radical (unpaired) electrons. The van der Waals surface area contributed by atoms with Crippen molar-refractivity contribution < 1.29 is 9.47 Å². The second kappa shape index (κ2) is 5.89. The molecule has 0 aromatic heterocycles. The molecule has 140 valence electrons. The summed E-state index contributed by atoms with van der Waals surface area (Å²) in [6.07, 6.45) is 6.42. The highest BCUT2D eigenvalue weighted by Gasteiger charge is 2.61. The Kier molecular flexibility index (Phi) is 3.69. The van der Waals surface area contributed by atoms with Gasteiger partial charge >= 0.3 is 0 Å². The fraction of sp³-hybridized carbons (Fsp3) is 0.440. The zero-order valence-electron chi connectivity index (χ0n) is 16.3. The predicted octanol–water partition coefficient (Wildman–Crippen LogP) is 5.66. The first-order chi connectivity index (χ1) is 13.1. The molecule has 0 heterocycles. The van der Waals surface area contributed by atoms with Gasteiger partial charge in [-0.05, 0) is 79.3 Å². The van der Waals surface area contributed by atoms with Gasteiger partial charge in [-0.2, -0.15) is 0 Å². The molecule has 2 aromatic rings. The van der Waals surface area contributed by atoms with E-state index in [4.69, 9.17) is 16.1 Å². The number of ether oxygens (including phenoxy) is 2. The van der Waals surface area contributed by atoms with Crippen LogP contribution in [-0.2, 0) is 10.8 Å². The Morgan fingerprint density at radius 3 is 1.41 bits per heavy atom. The Balaban J connectivity index is 1.61. The van der Waals surface area contributed by atoms with Gasteiger partial charge in [-0.15, -0.1) is 0 Å². The fourth-order valence-electron chi connectivity index (χ4n) is 6.68. The maximum atomic E-state index is 5.39. The average Bonchev–Trinajstić information content (AvgIpc) is 2.71. The van der Waals surface area contributed by atoms with E-state index in [0.29, 0.717) is 0 Å². The molecule has 0 N–H and O–H groups in total. The van der Waals surface area contributed by atoms with Gasteiger partial charge in [0.25, 0.3) is 0 Å². The standard InChI is InChI=1S/C25H28O2/c1-17-24(20-4-8-22(26-2)9-5-20)13-18-12-19(14-24)16-25(17,15-18)21-6-10-23(27-3)11-7-21/h4-11,18-19H,1,12-16H2,2-3H3. The van der Waals surface area contributed by atoms with E-state index in [0.717, 1.165) is 23.3 Å². The number of allylic oxidation sites excluding steroid dienone is 1. The van der Waals surface area contributed by atoms with Crippen LogP contribution in [0.3, 0.4) is 0 Å². The number of rotatable bonds is 4. The third kappa shape index (κ3) is 2.32. The van der Waals surface area contributed by atoms with Crippen LogP contribution in [0.15, 0.2) is 60.7 Å². The van der Waals surface area contributed by atoms with Gasteiger partial charge in [0.2, 0.25) is 0 Å². The molecular weight excluding hydrogens is 332 g/mol. The Hall–Kier alpha value is -2.22. The minimum atomic E-state index is 0.121. The van der Waals surface area contributed by atoms with Gasteiger partial charge in [-0.3, -0.25) is 0 Å². The molecule has 4 aliphatic rings. The number of hydrogen-bond acceptors (Lipinski definition) is 2. The molecule has 27 heavy (non-hydrogen) atoms. The lowest BCUT2D eigenvalue weighted by atomic mass is 9.40.